The van der Waals surface area contributed by atoms with Crippen molar-refractivity contribution in [2.24, 2.45) is 0 Å². The molecule has 0 aliphatic heterocycles. The first-order chi connectivity index (χ1) is 19.1. The van der Waals surface area contributed by atoms with Gasteiger partial charge in [-0.2, -0.15) is 0 Å². The van der Waals surface area contributed by atoms with E-state index in [2.05, 4.69) is 53.8 Å². The molecule has 1 aromatic heterocycles. The third-order valence-corrected chi connectivity index (χ3v) is 7.29. The predicted octanol–water partition coefficient (Wildman–Crippen LogP) is 3.27. The molecule has 0 saturated heterocycles. The van der Waals surface area contributed by atoms with Gasteiger partial charge in [-0.15, -0.1) is 11.3 Å². The van der Waals surface area contributed by atoms with Gasteiger partial charge in [-0.25, -0.2) is 4.98 Å². The number of hydrogen-bond acceptors (Lipinski definition) is 6. The summed E-state index contributed by atoms with van der Waals surface area (Å²) in [7, 11) is 3.76. The Morgan fingerprint density at radius 2 is 1.77 bits per heavy atom. The zero-order chi connectivity index (χ0) is 29.1. The number of amides is 3. The Kier molecular flexibility index (Phi) is 11.7. The van der Waals surface area contributed by atoms with Crippen molar-refractivity contribution in [1.82, 2.24) is 25.8 Å². The van der Waals surface area contributed by atoms with Crippen LogP contribution in [-0.4, -0.2) is 66.9 Å². The van der Waals surface area contributed by atoms with Gasteiger partial charge in [0.25, 0.3) is 5.91 Å². The fraction of sp³-hybridized carbons (Fsp3) is 0.419. The molecule has 2 atom stereocenters. The normalized spacial score (nSPS) is 12.5. The Labute approximate surface area is 240 Å². The van der Waals surface area contributed by atoms with Gasteiger partial charge in [0, 0.05) is 19.4 Å². The Hall–Kier alpha value is -3.74. The second-order valence-electron chi connectivity index (χ2n) is 10.3. The molecule has 40 heavy (non-hydrogen) atoms. The lowest BCUT2D eigenvalue weighted by molar-refractivity contribution is -0.129. The average molecular weight is 562 g/mol. The van der Waals surface area contributed by atoms with Gasteiger partial charge >= 0.3 is 0 Å². The van der Waals surface area contributed by atoms with Crippen LogP contribution in [0.4, 0.5) is 0 Å². The Morgan fingerprint density at radius 1 is 1.02 bits per heavy atom. The average Bonchev–Trinajstić information content (AvgIpc) is 3.33. The maximum absolute atomic E-state index is 13.6. The lowest BCUT2D eigenvalue weighted by Crippen LogP contribution is -2.53. The highest BCUT2D eigenvalue weighted by Crippen LogP contribution is 2.27. The Morgan fingerprint density at radius 3 is 2.45 bits per heavy atom. The molecule has 0 saturated carbocycles. The van der Waals surface area contributed by atoms with Crippen LogP contribution in [0.3, 0.4) is 0 Å². The van der Waals surface area contributed by atoms with Crippen LogP contribution in [0.15, 0.2) is 48.5 Å². The minimum Gasteiger partial charge on any atom is -0.349 e. The topological polar surface area (TPSA) is 103 Å². The standard InChI is InChI=1S/C31H39N5O3S/c1-6-28(37)34-26(19-30-35-25-15-14-23(21(2)3)18-27(25)40-30)31(39)33-24(17-22-11-8-7-9-12-22)20-32-29(38)13-10-16-36(4)5/h7-9,11-12,14-15,18,21,24,26H,6,16-17,19-20H2,1-5H3,(H,32,38)(H,33,39)(H,34,37). The lowest BCUT2D eigenvalue weighted by Gasteiger charge is -2.23. The molecule has 0 aliphatic carbocycles. The van der Waals surface area contributed by atoms with Crippen LogP contribution in [-0.2, 0) is 27.2 Å². The monoisotopic (exact) mass is 561 g/mol. The van der Waals surface area contributed by atoms with E-state index in [9.17, 15) is 14.4 Å². The van der Waals surface area contributed by atoms with Crippen molar-refractivity contribution in [3.63, 3.8) is 0 Å². The molecule has 3 N–H and O–H groups in total. The number of carbonyl (C=O) groups excluding carboxylic acids is 3. The van der Waals surface area contributed by atoms with Gasteiger partial charge in [-0.3, -0.25) is 19.3 Å². The maximum Gasteiger partial charge on any atom is 0.296 e. The maximum atomic E-state index is 13.6. The summed E-state index contributed by atoms with van der Waals surface area (Å²) in [4.78, 5) is 44.8. The third kappa shape index (κ3) is 9.78. The molecule has 2 aromatic carbocycles. The van der Waals surface area contributed by atoms with Crippen molar-refractivity contribution in [3.8, 4) is 11.8 Å². The van der Waals surface area contributed by atoms with Gasteiger partial charge in [-0.1, -0.05) is 63.1 Å². The highest BCUT2D eigenvalue weighted by Gasteiger charge is 2.25. The minimum absolute atomic E-state index is 0.198. The highest BCUT2D eigenvalue weighted by molar-refractivity contribution is 7.18. The predicted molar refractivity (Wildman–Crippen MR) is 161 cm³/mol. The van der Waals surface area contributed by atoms with E-state index in [1.54, 1.807) is 6.92 Å². The molecule has 3 rings (SSSR count). The van der Waals surface area contributed by atoms with Crippen molar-refractivity contribution >= 4 is 39.3 Å². The van der Waals surface area contributed by atoms with Crippen LogP contribution in [0.2, 0.25) is 0 Å². The number of thiazole rings is 1. The van der Waals surface area contributed by atoms with Gasteiger partial charge in [0.15, 0.2) is 0 Å². The van der Waals surface area contributed by atoms with E-state index in [0.29, 0.717) is 18.9 Å². The van der Waals surface area contributed by atoms with E-state index < -0.39 is 18.0 Å². The minimum atomic E-state index is -0.800. The van der Waals surface area contributed by atoms with Crippen LogP contribution < -0.4 is 16.0 Å². The molecular weight excluding hydrogens is 522 g/mol. The number of hydrogen-bond donors (Lipinski definition) is 3. The van der Waals surface area contributed by atoms with E-state index in [1.807, 2.05) is 55.4 Å². The van der Waals surface area contributed by atoms with Crippen molar-refractivity contribution < 1.29 is 14.4 Å². The van der Waals surface area contributed by atoms with Crippen molar-refractivity contribution in [3.05, 3.63) is 64.7 Å². The molecule has 1 heterocycles. The first-order valence-electron chi connectivity index (χ1n) is 13.6. The second-order valence-corrected chi connectivity index (χ2v) is 11.4. The number of benzene rings is 2. The van der Waals surface area contributed by atoms with Crippen LogP contribution in [0, 0.1) is 11.8 Å². The van der Waals surface area contributed by atoms with Gasteiger partial charge < -0.3 is 16.0 Å². The fourth-order valence-electron chi connectivity index (χ4n) is 4.03. The summed E-state index contributed by atoms with van der Waals surface area (Å²) in [6.45, 7) is 6.72. The third-order valence-electron chi connectivity index (χ3n) is 6.25. The fourth-order valence-corrected chi connectivity index (χ4v) is 5.09. The quantitative estimate of drug-likeness (QED) is 0.295. The van der Waals surface area contributed by atoms with Gasteiger partial charge in [0.05, 0.1) is 27.8 Å². The molecule has 2 unspecified atom stereocenters. The molecule has 0 aliphatic rings. The largest absolute Gasteiger partial charge is 0.349 e. The highest BCUT2D eigenvalue weighted by atomic mass is 32.1. The molecule has 9 heteroatoms. The summed E-state index contributed by atoms with van der Waals surface area (Å²) in [5, 5.41) is 9.50. The molecule has 0 fully saturated rings. The van der Waals surface area contributed by atoms with Crippen molar-refractivity contribution in [2.45, 2.75) is 58.0 Å². The van der Waals surface area contributed by atoms with Gasteiger partial charge in [0.1, 0.15) is 6.04 Å². The second kappa shape index (κ2) is 15.2. The lowest BCUT2D eigenvalue weighted by atomic mass is 10.0. The molecule has 0 bridgehead atoms. The summed E-state index contributed by atoms with van der Waals surface area (Å²) in [5.74, 6) is 4.86. The summed E-state index contributed by atoms with van der Waals surface area (Å²) in [5.41, 5.74) is 3.13. The van der Waals surface area contributed by atoms with E-state index in [-0.39, 0.29) is 31.2 Å². The molecule has 0 spiro atoms. The van der Waals surface area contributed by atoms with E-state index in [1.165, 1.54) is 16.9 Å². The smallest absolute Gasteiger partial charge is 0.296 e. The summed E-state index contributed by atoms with van der Waals surface area (Å²) in [6, 6.07) is 14.8. The van der Waals surface area contributed by atoms with E-state index >= 15 is 0 Å². The summed E-state index contributed by atoms with van der Waals surface area (Å²) >= 11 is 1.54. The number of nitrogens with one attached hydrogen (secondary N) is 3. The molecule has 8 nitrogen and oxygen atoms in total. The Balaban J connectivity index is 1.77. The van der Waals surface area contributed by atoms with Crippen molar-refractivity contribution in [2.75, 3.05) is 27.2 Å². The number of carbonyl (C=O) groups is 3. The zero-order valence-electron chi connectivity index (χ0n) is 23.9. The first kappa shape index (κ1) is 30.8. The summed E-state index contributed by atoms with van der Waals surface area (Å²) < 4.78 is 1.06. The van der Waals surface area contributed by atoms with Crippen LogP contribution in [0.5, 0.6) is 0 Å². The number of rotatable bonds is 12. The molecule has 212 valence electrons. The molecule has 3 amide bonds. The molecular formula is C31H39N5O3S. The SMILES string of the molecule is CCC(=O)NC(Cc1nc2ccc(C(C)C)cc2s1)C(=O)NC(CNC(=O)C#CCN(C)C)Cc1ccccc1. The van der Waals surface area contributed by atoms with E-state index in [4.69, 9.17) is 4.98 Å². The number of fused-ring (bicyclic) bond motifs is 1. The first-order valence-corrected chi connectivity index (χ1v) is 14.4. The van der Waals surface area contributed by atoms with E-state index in [0.717, 1.165) is 20.8 Å². The number of nitrogens with zero attached hydrogens (tertiary/aromatic N) is 2. The number of aromatic nitrogens is 1. The molecule has 3 aromatic rings. The molecule has 0 radical (unpaired) electrons. The Bertz CT molecular complexity index is 1360. The summed E-state index contributed by atoms with van der Waals surface area (Å²) in [6.07, 6.45) is 1.04. The van der Waals surface area contributed by atoms with Crippen molar-refractivity contribution in [1.29, 1.82) is 0 Å². The van der Waals surface area contributed by atoms with Crippen LogP contribution in [0.1, 0.15) is 49.2 Å². The zero-order valence-corrected chi connectivity index (χ0v) is 24.7. The van der Waals surface area contributed by atoms with Crippen LogP contribution >= 0.6 is 11.3 Å². The van der Waals surface area contributed by atoms with Crippen LogP contribution in [0.25, 0.3) is 10.2 Å². The van der Waals surface area contributed by atoms with Gasteiger partial charge in [0.2, 0.25) is 11.8 Å². The van der Waals surface area contributed by atoms with Gasteiger partial charge in [-0.05, 0) is 55.6 Å².